The number of ether oxygens (including phenoxy) is 2. The Morgan fingerprint density at radius 2 is 0.857 bits per heavy atom. The molecule has 4 rings (SSSR count). The highest BCUT2D eigenvalue weighted by atomic mass is 35.5. The molecule has 2 aromatic carbocycles. The van der Waals surface area contributed by atoms with E-state index in [4.69, 9.17) is 9.47 Å². The maximum Gasteiger partial charge on any atom is 0.170 e. The predicted molar refractivity (Wildman–Crippen MR) is 104 cm³/mol. The highest BCUT2D eigenvalue weighted by Crippen LogP contribution is 2.20. The molecule has 6 heteroatoms. The van der Waals surface area contributed by atoms with E-state index in [-0.39, 0.29) is 24.8 Å². The Labute approximate surface area is 179 Å². The molecule has 0 bridgehead atoms. The summed E-state index contributed by atoms with van der Waals surface area (Å²) in [6.07, 6.45) is 4.46. The van der Waals surface area contributed by atoms with Gasteiger partial charge in [0.2, 0.25) is 0 Å². The number of halogens is 2. The SMILES string of the molecule is C(c1ccc(-c2ccc(C=[N+]3CCOCC3)cc2)cc1)=[N+]1CCOCC1.[Cl-].[Cl-]. The first-order valence-corrected chi connectivity index (χ1v) is 9.41. The van der Waals surface area contributed by atoms with Crippen LogP contribution in [0.2, 0.25) is 0 Å². The van der Waals surface area contributed by atoms with E-state index in [1.165, 1.54) is 22.3 Å². The topological polar surface area (TPSA) is 24.5 Å². The summed E-state index contributed by atoms with van der Waals surface area (Å²) in [7, 11) is 0. The Morgan fingerprint density at radius 1 is 0.536 bits per heavy atom. The van der Waals surface area contributed by atoms with Crippen molar-refractivity contribution in [2.24, 2.45) is 0 Å². The number of morpholine rings is 2. The van der Waals surface area contributed by atoms with Crippen molar-refractivity contribution in [1.82, 2.24) is 0 Å². The van der Waals surface area contributed by atoms with E-state index in [0.717, 1.165) is 52.6 Å². The molecule has 0 N–H and O–H groups in total. The minimum absolute atomic E-state index is 0. The lowest BCUT2D eigenvalue weighted by atomic mass is 10.0. The minimum Gasteiger partial charge on any atom is -1.00 e. The van der Waals surface area contributed by atoms with E-state index in [1.807, 2.05) is 0 Å². The van der Waals surface area contributed by atoms with Crippen molar-refractivity contribution in [3.05, 3.63) is 59.7 Å². The molecule has 0 amide bonds. The van der Waals surface area contributed by atoms with Crippen molar-refractivity contribution in [3.8, 4) is 11.1 Å². The number of rotatable bonds is 3. The average Bonchev–Trinajstić information content (AvgIpc) is 2.71. The summed E-state index contributed by atoms with van der Waals surface area (Å²) in [6.45, 7) is 7.19. The molecular formula is C22H26Cl2N2O2. The fourth-order valence-corrected chi connectivity index (χ4v) is 3.36. The van der Waals surface area contributed by atoms with Crippen molar-refractivity contribution in [3.63, 3.8) is 0 Å². The summed E-state index contributed by atoms with van der Waals surface area (Å²) in [5.74, 6) is 0. The Kier molecular flexibility index (Phi) is 9.13. The van der Waals surface area contributed by atoms with Crippen LogP contribution in [-0.4, -0.2) is 74.2 Å². The van der Waals surface area contributed by atoms with Gasteiger partial charge in [-0.2, -0.15) is 0 Å². The van der Waals surface area contributed by atoms with Crippen molar-refractivity contribution >= 4 is 12.4 Å². The van der Waals surface area contributed by atoms with Gasteiger partial charge in [0.25, 0.3) is 0 Å². The van der Waals surface area contributed by atoms with Gasteiger partial charge in [-0.25, -0.2) is 9.15 Å². The van der Waals surface area contributed by atoms with Gasteiger partial charge in [-0.1, -0.05) is 24.3 Å². The van der Waals surface area contributed by atoms with Crippen molar-refractivity contribution in [2.75, 3.05) is 52.6 Å². The first-order chi connectivity index (χ1) is 12.9. The normalized spacial score (nSPS) is 16.6. The van der Waals surface area contributed by atoms with Crippen molar-refractivity contribution in [2.45, 2.75) is 0 Å². The van der Waals surface area contributed by atoms with Crippen LogP contribution in [0.1, 0.15) is 11.1 Å². The van der Waals surface area contributed by atoms with Gasteiger partial charge in [0, 0.05) is 11.1 Å². The number of nitrogens with zero attached hydrogens (tertiary/aromatic N) is 2. The minimum atomic E-state index is 0. The summed E-state index contributed by atoms with van der Waals surface area (Å²) >= 11 is 0. The van der Waals surface area contributed by atoms with E-state index < -0.39 is 0 Å². The molecule has 0 spiro atoms. The van der Waals surface area contributed by atoms with Gasteiger partial charge in [0.05, 0.1) is 0 Å². The summed E-state index contributed by atoms with van der Waals surface area (Å²) in [4.78, 5) is 0. The Morgan fingerprint density at radius 3 is 1.18 bits per heavy atom. The average molecular weight is 421 g/mol. The lowest BCUT2D eigenvalue weighted by Crippen LogP contribution is -3.00. The highest BCUT2D eigenvalue weighted by Gasteiger charge is 2.12. The molecule has 2 fully saturated rings. The maximum absolute atomic E-state index is 5.40. The molecule has 2 heterocycles. The molecule has 28 heavy (non-hydrogen) atoms. The molecule has 2 aliphatic rings. The fraction of sp³-hybridized carbons (Fsp3) is 0.364. The van der Waals surface area contributed by atoms with Gasteiger partial charge in [-0.3, -0.25) is 0 Å². The molecular weight excluding hydrogens is 395 g/mol. The highest BCUT2D eigenvalue weighted by molar-refractivity contribution is 5.79. The Bertz CT molecular complexity index is 717. The molecule has 2 aromatic rings. The van der Waals surface area contributed by atoms with Gasteiger partial charge in [0.15, 0.2) is 38.6 Å². The zero-order valence-electron chi connectivity index (χ0n) is 15.9. The Hall–Kier alpha value is -1.72. The van der Waals surface area contributed by atoms with Crippen molar-refractivity contribution in [1.29, 1.82) is 0 Å². The van der Waals surface area contributed by atoms with E-state index in [2.05, 4.69) is 70.1 Å². The molecule has 0 unspecified atom stereocenters. The zero-order chi connectivity index (χ0) is 17.6. The summed E-state index contributed by atoms with van der Waals surface area (Å²) < 4.78 is 15.5. The maximum atomic E-state index is 5.40. The molecule has 0 atom stereocenters. The van der Waals surface area contributed by atoms with Gasteiger partial charge in [-0.15, -0.1) is 0 Å². The van der Waals surface area contributed by atoms with Crippen LogP contribution in [0.15, 0.2) is 48.5 Å². The third-order valence-electron chi connectivity index (χ3n) is 4.91. The second kappa shape index (κ2) is 11.3. The van der Waals surface area contributed by atoms with E-state index >= 15 is 0 Å². The smallest absolute Gasteiger partial charge is 0.170 e. The fourth-order valence-electron chi connectivity index (χ4n) is 3.36. The van der Waals surface area contributed by atoms with Gasteiger partial charge >= 0.3 is 0 Å². The predicted octanol–water partition coefficient (Wildman–Crippen LogP) is -3.72. The first-order valence-electron chi connectivity index (χ1n) is 9.41. The van der Waals surface area contributed by atoms with Gasteiger partial charge in [-0.05, 0) is 35.4 Å². The van der Waals surface area contributed by atoms with Crippen LogP contribution in [0.4, 0.5) is 0 Å². The van der Waals surface area contributed by atoms with Crippen LogP contribution in [0, 0.1) is 0 Å². The third kappa shape index (κ3) is 6.14. The van der Waals surface area contributed by atoms with Crippen LogP contribution in [0.3, 0.4) is 0 Å². The number of benzene rings is 2. The molecule has 0 aliphatic carbocycles. The second-order valence-corrected chi connectivity index (χ2v) is 6.80. The largest absolute Gasteiger partial charge is 1.00 e. The van der Waals surface area contributed by atoms with Crippen molar-refractivity contribution < 1.29 is 43.4 Å². The van der Waals surface area contributed by atoms with Crippen LogP contribution >= 0.6 is 0 Å². The molecule has 2 aliphatic heterocycles. The lowest BCUT2D eigenvalue weighted by molar-refractivity contribution is -0.544. The van der Waals surface area contributed by atoms with Gasteiger partial charge < -0.3 is 34.3 Å². The second-order valence-electron chi connectivity index (χ2n) is 6.80. The summed E-state index contributed by atoms with van der Waals surface area (Å²) in [6, 6.07) is 17.6. The van der Waals surface area contributed by atoms with E-state index in [0.29, 0.717) is 0 Å². The quantitative estimate of drug-likeness (QED) is 0.477. The molecule has 0 saturated carbocycles. The van der Waals surface area contributed by atoms with Crippen LogP contribution in [-0.2, 0) is 9.47 Å². The summed E-state index contributed by atoms with van der Waals surface area (Å²) in [5, 5.41) is 0. The standard InChI is InChI=1S/C22H26N2O2.2ClH/c1-5-21(6-2-19(1)17-23-9-13-25-14-10-23)22-7-3-20(4-8-22)18-24-11-15-26-16-12-24;;/h1-8,17-18H,9-16H2;2*1H/q+2;;/p-2. The number of hydrogen-bond acceptors (Lipinski definition) is 2. The first kappa shape index (κ1) is 22.6. The Balaban J connectivity index is 0.00000140. The van der Waals surface area contributed by atoms with Crippen LogP contribution < -0.4 is 24.8 Å². The molecule has 0 radical (unpaired) electrons. The monoisotopic (exact) mass is 420 g/mol. The molecule has 0 aromatic heterocycles. The molecule has 2 saturated heterocycles. The summed E-state index contributed by atoms with van der Waals surface area (Å²) in [5.41, 5.74) is 4.99. The number of hydrogen-bond donors (Lipinski definition) is 0. The van der Waals surface area contributed by atoms with Crippen LogP contribution in [0.5, 0.6) is 0 Å². The van der Waals surface area contributed by atoms with Gasteiger partial charge in [0.1, 0.15) is 26.4 Å². The van der Waals surface area contributed by atoms with Crippen LogP contribution in [0.25, 0.3) is 11.1 Å². The third-order valence-corrected chi connectivity index (χ3v) is 4.91. The zero-order valence-corrected chi connectivity index (χ0v) is 17.4. The molecule has 150 valence electrons. The molecule has 4 nitrogen and oxygen atoms in total. The lowest BCUT2D eigenvalue weighted by Gasteiger charge is -2.10. The van der Waals surface area contributed by atoms with E-state index in [9.17, 15) is 0 Å². The van der Waals surface area contributed by atoms with E-state index in [1.54, 1.807) is 0 Å².